The third-order valence-electron chi connectivity index (χ3n) is 2.81. The highest BCUT2D eigenvalue weighted by Gasteiger charge is 2.21. The van der Waals surface area contributed by atoms with Crippen LogP contribution < -0.4 is 5.73 Å². The van der Waals surface area contributed by atoms with E-state index in [9.17, 15) is 4.79 Å². The van der Waals surface area contributed by atoms with Gasteiger partial charge in [-0.05, 0) is 12.7 Å². The molecule has 1 rings (SSSR count). The number of nitrogens with two attached hydrogens (primary N) is 1. The summed E-state index contributed by atoms with van der Waals surface area (Å²) in [4.78, 5) is 14.0. The van der Waals surface area contributed by atoms with Gasteiger partial charge in [0.25, 0.3) is 5.91 Å². The topological polar surface area (TPSA) is 77.0 Å². The van der Waals surface area contributed by atoms with E-state index in [4.69, 9.17) is 5.73 Å². The van der Waals surface area contributed by atoms with Gasteiger partial charge in [0.15, 0.2) is 5.69 Å². The number of thioether (sulfide) groups is 1. The smallest absolute Gasteiger partial charge is 0.276 e. The fourth-order valence-corrected chi connectivity index (χ4v) is 2.52. The van der Waals surface area contributed by atoms with E-state index in [2.05, 4.69) is 17.2 Å². The fraction of sp³-hybridized carbons (Fsp3) is 0.727. The van der Waals surface area contributed by atoms with E-state index >= 15 is 0 Å². The van der Waals surface area contributed by atoms with Gasteiger partial charge in [0, 0.05) is 25.4 Å². The third kappa shape index (κ3) is 3.71. The molecular weight excluding hydrogens is 250 g/mol. The Hall–Kier alpha value is -1.08. The summed E-state index contributed by atoms with van der Waals surface area (Å²) in [6.07, 6.45) is 4.62. The number of carbonyl (C=O) groups excluding carboxylic acids is 1. The number of amides is 1. The van der Waals surface area contributed by atoms with Crippen LogP contribution in [0, 0.1) is 0 Å². The van der Waals surface area contributed by atoms with Gasteiger partial charge >= 0.3 is 0 Å². The van der Waals surface area contributed by atoms with Crippen molar-refractivity contribution in [3.8, 4) is 0 Å². The van der Waals surface area contributed by atoms with Crippen LogP contribution in [0.15, 0.2) is 6.20 Å². The van der Waals surface area contributed by atoms with Crippen LogP contribution in [0.2, 0.25) is 0 Å². The lowest BCUT2D eigenvalue weighted by atomic mass is 10.2. The van der Waals surface area contributed by atoms with Crippen molar-refractivity contribution in [1.29, 1.82) is 0 Å². The molecule has 1 amide bonds. The van der Waals surface area contributed by atoms with Crippen molar-refractivity contribution < 1.29 is 4.79 Å². The molecule has 0 aliphatic heterocycles. The highest BCUT2D eigenvalue weighted by molar-refractivity contribution is 7.98. The standard InChI is InChI=1S/C11H21N5OS/c1-4-9(8-18-3)15(2)11(17)10-7-16(6-5-12)14-13-10/h7,9H,4-6,8,12H2,1-3H3. The predicted octanol–water partition coefficient (Wildman–Crippen LogP) is 0.450. The van der Waals surface area contributed by atoms with Crippen molar-refractivity contribution in [1.82, 2.24) is 19.9 Å². The molecule has 0 aliphatic carbocycles. The number of hydrogen-bond donors (Lipinski definition) is 1. The zero-order chi connectivity index (χ0) is 13.5. The van der Waals surface area contributed by atoms with Gasteiger partial charge in [0.1, 0.15) is 0 Å². The zero-order valence-electron chi connectivity index (χ0n) is 11.2. The van der Waals surface area contributed by atoms with Gasteiger partial charge in [-0.2, -0.15) is 11.8 Å². The molecule has 0 fully saturated rings. The molecular formula is C11H21N5OS. The molecule has 102 valence electrons. The summed E-state index contributed by atoms with van der Waals surface area (Å²) >= 11 is 1.74. The van der Waals surface area contributed by atoms with E-state index < -0.39 is 0 Å². The first kappa shape index (κ1) is 15.0. The van der Waals surface area contributed by atoms with Crippen LogP contribution in [0.1, 0.15) is 23.8 Å². The maximum absolute atomic E-state index is 12.2. The van der Waals surface area contributed by atoms with E-state index in [1.165, 1.54) is 0 Å². The van der Waals surface area contributed by atoms with E-state index in [1.54, 1.807) is 27.5 Å². The Labute approximate surface area is 112 Å². The van der Waals surface area contributed by atoms with Crippen molar-refractivity contribution in [2.75, 3.05) is 25.6 Å². The van der Waals surface area contributed by atoms with E-state index in [1.807, 2.05) is 13.3 Å². The molecule has 0 aromatic carbocycles. The van der Waals surface area contributed by atoms with Crippen molar-refractivity contribution >= 4 is 17.7 Å². The van der Waals surface area contributed by atoms with Crippen molar-refractivity contribution in [3.63, 3.8) is 0 Å². The summed E-state index contributed by atoms with van der Waals surface area (Å²) < 4.78 is 1.59. The lowest BCUT2D eigenvalue weighted by Crippen LogP contribution is -2.38. The molecule has 1 aromatic rings. The Bertz CT molecular complexity index is 381. The van der Waals surface area contributed by atoms with Gasteiger partial charge in [0.05, 0.1) is 12.7 Å². The van der Waals surface area contributed by atoms with Gasteiger partial charge in [0.2, 0.25) is 0 Å². The van der Waals surface area contributed by atoms with E-state index in [-0.39, 0.29) is 11.9 Å². The first-order valence-corrected chi connectivity index (χ1v) is 7.39. The average Bonchev–Trinajstić information content (AvgIpc) is 2.83. The molecule has 0 aliphatic rings. The van der Waals surface area contributed by atoms with Crippen LogP contribution in [0.4, 0.5) is 0 Å². The molecule has 0 saturated carbocycles. The Morgan fingerprint density at radius 1 is 1.67 bits per heavy atom. The maximum Gasteiger partial charge on any atom is 0.276 e. The highest BCUT2D eigenvalue weighted by atomic mass is 32.2. The molecule has 6 nitrogen and oxygen atoms in total. The van der Waals surface area contributed by atoms with Crippen LogP contribution in [0.25, 0.3) is 0 Å². The number of aromatic nitrogens is 3. The molecule has 1 heterocycles. The van der Waals surface area contributed by atoms with Crippen LogP contribution >= 0.6 is 11.8 Å². The van der Waals surface area contributed by atoms with Gasteiger partial charge in [-0.15, -0.1) is 5.10 Å². The summed E-state index contributed by atoms with van der Waals surface area (Å²) in [5.41, 5.74) is 5.81. The molecule has 7 heteroatoms. The quantitative estimate of drug-likeness (QED) is 0.779. The maximum atomic E-state index is 12.2. The van der Waals surface area contributed by atoms with Crippen molar-refractivity contribution in [3.05, 3.63) is 11.9 Å². The van der Waals surface area contributed by atoms with Crippen LogP contribution in [0.3, 0.4) is 0 Å². The van der Waals surface area contributed by atoms with Gasteiger partial charge in [-0.1, -0.05) is 12.1 Å². The molecule has 18 heavy (non-hydrogen) atoms. The van der Waals surface area contributed by atoms with Gasteiger partial charge < -0.3 is 10.6 Å². The largest absolute Gasteiger partial charge is 0.336 e. The number of rotatable bonds is 7. The third-order valence-corrected chi connectivity index (χ3v) is 3.53. The molecule has 0 bridgehead atoms. The molecule has 0 saturated heterocycles. The predicted molar refractivity (Wildman–Crippen MR) is 73.6 cm³/mol. The molecule has 0 radical (unpaired) electrons. The Balaban J connectivity index is 2.71. The first-order valence-electron chi connectivity index (χ1n) is 6.00. The van der Waals surface area contributed by atoms with E-state index in [0.717, 1.165) is 12.2 Å². The first-order chi connectivity index (χ1) is 8.63. The summed E-state index contributed by atoms with van der Waals surface area (Å²) in [6, 6.07) is 0.229. The molecule has 1 aromatic heterocycles. The Kier molecular flexibility index (Phi) is 6.14. The fourth-order valence-electron chi connectivity index (χ4n) is 1.68. The number of carbonyl (C=O) groups is 1. The number of nitrogens with zero attached hydrogens (tertiary/aromatic N) is 4. The lowest BCUT2D eigenvalue weighted by molar-refractivity contribution is 0.0737. The summed E-state index contributed by atoms with van der Waals surface area (Å²) in [7, 11) is 1.81. The monoisotopic (exact) mass is 271 g/mol. The minimum absolute atomic E-state index is 0.0841. The van der Waals surface area contributed by atoms with E-state index in [0.29, 0.717) is 18.8 Å². The number of hydrogen-bond acceptors (Lipinski definition) is 5. The van der Waals surface area contributed by atoms with Crippen LogP contribution in [0.5, 0.6) is 0 Å². The minimum atomic E-state index is -0.0841. The van der Waals surface area contributed by atoms with Gasteiger partial charge in [-0.3, -0.25) is 9.48 Å². The molecule has 0 spiro atoms. The second-order valence-corrected chi connectivity index (χ2v) is 5.00. The molecule has 1 atom stereocenters. The zero-order valence-corrected chi connectivity index (χ0v) is 12.0. The lowest BCUT2D eigenvalue weighted by Gasteiger charge is -2.25. The summed E-state index contributed by atoms with van der Waals surface area (Å²) in [6.45, 7) is 3.14. The van der Waals surface area contributed by atoms with Crippen molar-refractivity contribution in [2.24, 2.45) is 5.73 Å². The van der Waals surface area contributed by atoms with Crippen molar-refractivity contribution in [2.45, 2.75) is 25.9 Å². The summed E-state index contributed by atoms with van der Waals surface area (Å²) in [5, 5.41) is 7.77. The highest BCUT2D eigenvalue weighted by Crippen LogP contribution is 2.11. The summed E-state index contributed by atoms with van der Waals surface area (Å²) in [5.74, 6) is 0.842. The van der Waals surface area contributed by atoms with Crippen LogP contribution in [-0.4, -0.2) is 57.4 Å². The average molecular weight is 271 g/mol. The second-order valence-electron chi connectivity index (χ2n) is 4.09. The van der Waals surface area contributed by atoms with Gasteiger partial charge in [-0.25, -0.2) is 0 Å². The van der Waals surface area contributed by atoms with Crippen LogP contribution in [-0.2, 0) is 6.54 Å². The molecule has 2 N–H and O–H groups in total. The second kappa shape index (κ2) is 7.38. The molecule has 1 unspecified atom stereocenters. The Morgan fingerprint density at radius 3 is 2.94 bits per heavy atom. The Morgan fingerprint density at radius 2 is 2.39 bits per heavy atom. The normalized spacial score (nSPS) is 12.4. The SMILES string of the molecule is CCC(CSC)N(C)C(=O)c1cn(CCN)nn1. The minimum Gasteiger partial charge on any atom is -0.336 e.